The smallest absolute Gasteiger partial charge is 0.217 e. The lowest BCUT2D eigenvalue weighted by Gasteiger charge is -2.22. The molecule has 0 radical (unpaired) electrons. The van der Waals surface area contributed by atoms with E-state index in [9.17, 15) is 4.79 Å². The second-order valence-corrected chi connectivity index (χ2v) is 5.34. The van der Waals surface area contributed by atoms with Crippen molar-refractivity contribution in [1.82, 2.24) is 10.6 Å². The molecule has 0 aliphatic carbocycles. The average molecular weight is 226 g/mol. The van der Waals surface area contributed by atoms with E-state index in [-0.39, 0.29) is 5.91 Å². The van der Waals surface area contributed by atoms with Gasteiger partial charge in [-0.1, -0.05) is 20.3 Å². The van der Waals surface area contributed by atoms with Crippen molar-refractivity contribution in [3.63, 3.8) is 0 Å². The lowest BCUT2D eigenvalue weighted by molar-refractivity contribution is -0.120. The summed E-state index contributed by atoms with van der Waals surface area (Å²) in [7, 11) is 0. The second-order valence-electron chi connectivity index (χ2n) is 5.34. The largest absolute Gasteiger partial charge is 0.353 e. The van der Waals surface area contributed by atoms with E-state index >= 15 is 0 Å². The fraction of sp³-hybridized carbons (Fsp3) is 0.923. The van der Waals surface area contributed by atoms with Gasteiger partial charge in [-0.15, -0.1) is 0 Å². The molecular weight excluding hydrogens is 200 g/mol. The number of carbonyl (C=O) groups is 1. The van der Waals surface area contributed by atoms with E-state index in [1.165, 1.54) is 32.4 Å². The van der Waals surface area contributed by atoms with Crippen molar-refractivity contribution in [3.05, 3.63) is 0 Å². The van der Waals surface area contributed by atoms with E-state index in [2.05, 4.69) is 24.5 Å². The molecule has 0 bridgehead atoms. The standard InChI is InChI=1S/C13H26N2O/c1-10(2)13(15-11(3)16)6-4-5-12-7-8-14-9-12/h10,12-14H,4-9H2,1-3H3,(H,15,16). The van der Waals surface area contributed by atoms with Crippen molar-refractivity contribution < 1.29 is 4.79 Å². The van der Waals surface area contributed by atoms with Gasteiger partial charge >= 0.3 is 0 Å². The summed E-state index contributed by atoms with van der Waals surface area (Å²) >= 11 is 0. The van der Waals surface area contributed by atoms with Gasteiger partial charge in [0.05, 0.1) is 0 Å². The highest BCUT2D eigenvalue weighted by molar-refractivity contribution is 5.73. The first-order chi connectivity index (χ1) is 7.59. The summed E-state index contributed by atoms with van der Waals surface area (Å²) in [6.45, 7) is 8.34. The normalized spacial score (nSPS) is 22.4. The second kappa shape index (κ2) is 6.89. The zero-order valence-electron chi connectivity index (χ0n) is 10.9. The van der Waals surface area contributed by atoms with Crippen LogP contribution in [0.5, 0.6) is 0 Å². The summed E-state index contributed by atoms with van der Waals surface area (Å²) in [6, 6.07) is 0.354. The number of hydrogen-bond donors (Lipinski definition) is 2. The molecule has 0 aromatic rings. The summed E-state index contributed by atoms with van der Waals surface area (Å²) in [5.41, 5.74) is 0. The van der Waals surface area contributed by atoms with Crippen LogP contribution in [0.1, 0.15) is 46.5 Å². The van der Waals surface area contributed by atoms with Crippen LogP contribution in [0.3, 0.4) is 0 Å². The van der Waals surface area contributed by atoms with Crippen molar-refractivity contribution in [1.29, 1.82) is 0 Å². The molecule has 1 rings (SSSR count). The van der Waals surface area contributed by atoms with E-state index < -0.39 is 0 Å². The number of hydrogen-bond acceptors (Lipinski definition) is 2. The van der Waals surface area contributed by atoms with Crippen molar-refractivity contribution in [2.75, 3.05) is 13.1 Å². The maximum absolute atomic E-state index is 11.1. The summed E-state index contributed by atoms with van der Waals surface area (Å²) in [5.74, 6) is 1.50. The van der Waals surface area contributed by atoms with E-state index in [0.29, 0.717) is 12.0 Å². The topological polar surface area (TPSA) is 41.1 Å². The molecule has 94 valence electrons. The van der Waals surface area contributed by atoms with Gasteiger partial charge in [0.15, 0.2) is 0 Å². The predicted octanol–water partition coefficient (Wildman–Crippen LogP) is 1.93. The van der Waals surface area contributed by atoms with E-state index in [4.69, 9.17) is 0 Å². The molecule has 1 saturated heterocycles. The Morgan fingerprint density at radius 1 is 1.50 bits per heavy atom. The van der Waals surface area contributed by atoms with Crippen LogP contribution in [0.2, 0.25) is 0 Å². The Morgan fingerprint density at radius 3 is 2.75 bits per heavy atom. The zero-order chi connectivity index (χ0) is 12.0. The van der Waals surface area contributed by atoms with Gasteiger partial charge in [-0.25, -0.2) is 0 Å². The highest BCUT2D eigenvalue weighted by atomic mass is 16.1. The quantitative estimate of drug-likeness (QED) is 0.726. The highest BCUT2D eigenvalue weighted by Gasteiger charge is 2.17. The van der Waals surface area contributed by atoms with Gasteiger partial charge in [-0.05, 0) is 44.2 Å². The van der Waals surface area contributed by atoms with Crippen LogP contribution in [0.15, 0.2) is 0 Å². The highest BCUT2D eigenvalue weighted by Crippen LogP contribution is 2.18. The molecule has 1 aliphatic heterocycles. The van der Waals surface area contributed by atoms with Crippen molar-refractivity contribution in [2.24, 2.45) is 11.8 Å². The zero-order valence-corrected chi connectivity index (χ0v) is 10.9. The fourth-order valence-electron chi connectivity index (χ4n) is 2.42. The van der Waals surface area contributed by atoms with Gasteiger partial charge in [-0.2, -0.15) is 0 Å². The Labute approximate surface area is 99.4 Å². The molecule has 0 saturated carbocycles. The van der Waals surface area contributed by atoms with Crippen LogP contribution in [0, 0.1) is 11.8 Å². The Bertz CT molecular complexity index is 210. The number of nitrogens with one attached hydrogen (secondary N) is 2. The number of rotatable bonds is 6. The van der Waals surface area contributed by atoms with Crippen molar-refractivity contribution in [2.45, 2.75) is 52.5 Å². The minimum absolute atomic E-state index is 0.0984. The average Bonchev–Trinajstić information content (AvgIpc) is 2.68. The molecule has 3 heteroatoms. The third-order valence-corrected chi connectivity index (χ3v) is 3.48. The molecule has 1 fully saturated rings. The van der Waals surface area contributed by atoms with E-state index in [1.54, 1.807) is 6.92 Å². The van der Waals surface area contributed by atoms with Crippen LogP contribution < -0.4 is 10.6 Å². The molecule has 2 unspecified atom stereocenters. The molecule has 2 atom stereocenters. The van der Waals surface area contributed by atoms with Crippen LogP contribution >= 0.6 is 0 Å². The summed E-state index contributed by atoms with van der Waals surface area (Å²) in [4.78, 5) is 11.1. The van der Waals surface area contributed by atoms with Gasteiger partial charge in [0, 0.05) is 13.0 Å². The molecule has 1 heterocycles. The van der Waals surface area contributed by atoms with Gasteiger partial charge in [0.1, 0.15) is 0 Å². The van der Waals surface area contributed by atoms with Crippen molar-refractivity contribution >= 4 is 5.91 Å². The Hall–Kier alpha value is -0.570. The minimum Gasteiger partial charge on any atom is -0.353 e. The summed E-state index contributed by atoms with van der Waals surface area (Å²) in [5, 5.41) is 6.45. The maximum atomic E-state index is 11.1. The first kappa shape index (κ1) is 13.5. The molecular formula is C13H26N2O. The summed E-state index contributed by atoms with van der Waals surface area (Å²) in [6.07, 6.45) is 4.98. The molecule has 3 nitrogen and oxygen atoms in total. The SMILES string of the molecule is CC(=O)NC(CCCC1CCNC1)C(C)C. The van der Waals surface area contributed by atoms with Crippen LogP contribution in [-0.2, 0) is 4.79 Å². The molecule has 1 aliphatic rings. The number of carbonyl (C=O) groups excluding carboxylic acids is 1. The van der Waals surface area contributed by atoms with Gasteiger partial charge < -0.3 is 10.6 Å². The lowest BCUT2D eigenvalue weighted by atomic mass is 9.94. The van der Waals surface area contributed by atoms with E-state index in [0.717, 1.165) is 12.3 Å². The number of amides is 1. The molecule has 16 heavy (non-hydrogen) atoms. The van der Waals surface area contributed by atoms with Gasteiger partial charge in [-0.3, -0.25) is 4.79 Å². The monoisotopic (exact) mass is 226 g/mol. The Balaban J connectivity index is 2.18. The Kier molecular flexibility index (Phi) is 5.81. The van der Waals surface area contributed by atoms with E-state index in [1.807, 2.05) is 0 Å². The first-order valence-electron chi connectivity index (χ1n) is 6.57. The molecule has 1 amide bonds. The van der Waals surface area contributed by atoms with Crippen LogP contribution in [-0.4, -0.2) is 25.0 Å². The van der Waals surface area contributed by atoms with Gasteiger partial charge in [0.2, 0.25) is 5.91 Å². The predicted molar refractivity (Wildman–Crippen MR) is 67.3 cm³/mol. The third kappa shape index (κ3) is 4.97. The van der Waals surface area contributed by atoms with Crippen LogP contribution in [0.25, 0.3) is 0 Å². The summed E-state index contributed by atoms with van der Waals surface area (Å²) < 4.78 is 0. The fourth-order valence-corrected chi connectivity index (χ4v) is 2.42. The minimum atomic E-state index is 0.0984. The van der Waals surface area contributed by atoms with Crippen LogP contribution in [0.4, 0.5) is 0 Å². The maximum Gasteiger partial charge on any atom is 0.217 e. The molecule has 0 aromatic carbocycles. The lowest BCUT2D eigenvalue weighted by Crippen LogP contribution is -2.37. The van der Waals surface area contributed by atoms with Crippen molar-refractivity contribution in [3.8, 4) is 0 Å². The van der Waals surface area contributed by atoms with Gasteiger partial charge in [0.25, 0.3) is 0 Å². The molecule has 2 N–H and O–H groups in total. The Morgan fingerprint density at radius 2 is 2.25 bits per heavy atom. The molecule has 0 spiro atoms. The first-order valence-corrected chi connectivity index (χ1v) is 6.57. The molecule has 0 aromatic heterocycles. The third-order valence-electron chi connectivity index (χ3n) is 3.48.